The predicted octanol–water partition coefficient (Wildman–Crippen LogP) is 1.68. The molecule has 0 radical (unpaired) electrons. The summed E-state index contributed by atoms with van der Waals surface area (Å²) < 4.78 is 12.6. The summed E-state index contributed by atoms with van der Waals surface area (Å²) in [7, 11) is 0. The molecule has 0 bridgehead atoms. The summed E-state index contributed by atoms with van der Waals surface area (Å²) in [5, 5.41) is 24.2. The molecule has 1 atom stereocenters. The fourth-order valence-electron chi connectivity index (χ4n) is 0.943. The smallest absolute Gasteiger partial charge is 0.187 e. The van der Waals surface area contributed by atoms with Gasteiger partial charge >= 0.3 is 0 Å². The highest BCUT2D eigenvalue weighted by atomic mass is 19.1. The molecule has 0 aliphatic heterocycles. The summed E-state index contributed by atoms with van der Waals surface area (Å²) in [5.41, 5.74) is 0.188. The van der Waals surface area contributed by atoms with Gasteiger partial charge in [-0.05, 0) is 17.7 Å². The summed E-state index contributed by atoms with van der Waals surface area (Å²) in [6.07, 6.45) is 1.33. The van der Waals surface area contributed by atoms with Gasteiger partial charge in [0.1, 0.15) is 17.6 Å². The topological polar surface area (TPSA) is 83.8 Å². The minimum absolute atomic E-state index is 0.362. The number of aliphatic imine (C=N–C) groups is 1. The average Bonchev–Trinajstić information content (AvgIpc) is 2.31. The van der Waals surface area contributed by atoms with Crippen LogP contribution in [0, 0.1) is 33.9 Å². The van der Waals surface area contributed by atoms with Gasteiger partial charge in [-0.2, -0.15) is 10.5 Å². The van der Waals surface area contributed by atoms with Crippen LogP contribution in [-0.4, -0.2) is 18.0 Å². The van der Waals surface area contributed by atoms with E-state index in [1.54, 1.807) is 12.1 Å². The summed E-state index contributed by atoms with van der Waals surface area (Å²) in [6, 6.07) is 7.67. The molecule has 0 amide bonds. The van der Waals surface area contributed by atoms with Gasteiger partial charge in [0.25, 0.3) is 0 Å². The Hall–Kier alpha value is -2.53. The van der Waals surface area contributed by atoms with Crippen molar-refractivity contribution in [2.24, 2.45) is 4.99 Å². The lowest BCUT2D eigenvalue weighted by Gasteiger charge is -1.97. The molecule has 0 saturated heterocycles. The lowest BCUT2D eigenvalue weighted by molar-refractivity contribution is 0.628. The Morgan fingerprint density at radius 1 is 1.38 bits per heavy atom. The molecule has 5 heteroatoms. The molecule has 1 rings (SSSR count). The van der Waals surface area contributed by atoms with Crippen molar-refractivity contribution < 1.29 is 4.39 Å². The van der Waals surface area contributed by atoms with Gasteiger partial charge in [0.15, 0.2) is 6.04 Å². The van der Waals surface area contributed by atoms with Crippen LogP contribution in [0.15, 0.2) is 29.3 Å². The first kappa shape index (κ1) is 11.5. The van der Waals surface area contributed by atoms with Crippen LogP contribution in [-0.2, 0) is 0 Å². The molecule has 4 nitrogen and oxygen atoms in total. The molecular weight excluding hydrogens is 207 g/mol. The third-order valence-corrected chi connectivity index (χ3v) is 1.76. The van der Waals surface area contributed by atoms with Crippen molar-refractivity contribution >= 4 is 11.9 Å². The maximum absolute atomic E-state index is 12.6. The fourth-order valence-corrected chi connectivity index (χ4v) is 0.943. The molecule has 78 valence electrons. The van der Waals surface area contributed by atoms with Crippen LogP contribution < -0.4 is 0 Å². The number of benzene rings is 1. The van der Waals surface area contributed by atoms with E-state index < -0.39 is 11.8 Å². The SMILES string of the molecule is N#CC(=N)C(C#N)N=Cc1ccc(F)cc1. The van der Waals surface area contributed by atoms with Gasteiger partial charge in [0.2, 0.25) is 0 Å². The van der Waals surface area contributed by atoms with Crippen LogP contribution in [0.25, 0.3) is 0 Å². The van der Waals surface area contributed by atoms with Gasteiger partial charge in [-0.15, -0.1) is 0 Å². The third kappa shape index (κ3) is 3.00. The Bertz CT molecular complexity index is 490. The molecule has 16 heavy (non-hydrogen) atoms. The van der Waals surface area contributed by atoms with Gasteiger partial charge in [0.05, 0.1) is 6.07 Å². The summed E-state index contributed by atoms with van der Waals surface area (Å²) >= 11 is 0. The Morgan fingerprint density at radius 3 is 2.50 bits per heavy atom. The molecule has 0 fully saturated rings. The molecule has 1 unspecified atom stereocenters. The second-order valence-electron chi connectivity index (χ2n) is 2.89. The molecule has 1 N–H and O–H groups in total. The number of hydrogen-bond acceptors (Lipinski definition) is 4. The van der Waals surface area contributed by atoms with Crippen LogP contribution in [0.3, 0.4) is 0 Å². The predicted molar refractivity (Wildman–Crippen MR) is 56.7 cm³/mol. The van der Waals surface area contributed by atoms with Gasteiger partial charge in [-0.1, -0.05) is 12.1 Å². The lowest BCUT2D eigenvalue weighted by atomic mass is 10.2. The molecule has 0 aliphatic rings. The first-order valence-electron chi connectivity index (χ1n) is 4.34. The van der Waals surface area contributed by atoms with Crippen LogP contribution >= 0.6 is 0 Å². The van der Waals surface area contributed by atoms with Crippen molar-refractivity contribution in [3.63, 3.8) is 0 Å². The summed E-state index contributed by atoms with van der Waals surface area (Å²) in [6.45, 7) is 0. The Morgan fingerprint density at radius 2 is 2.00 bits per heavy atom. The Kier molecular flexibility index (Phi) is 3.88. The first-order chi connectivity index (χ1) is 7.67. The zero-order chi connectivity index (χ0) is 12.0. The Balaban J connectivity index is 2.81. The number of nitrogens with zero attached hydrogens (tertiary/aromatic N) is 3. The van der Waals surface area contributed by atoms with Crippen molar-refractivity contribution in [2.45, 2.75) is 6.04 Å². The minimum atomic E-state index is -1.10. The molecule has 1 aromatic carbocycles. The molecule has 0 aliphatic carbocycles. The molecule has 0 heterocycles. The van der Waals surface area contributed by atoms with E-state index in [9.17, 15) is 4.39 Å². The number of nitriles is 2. The number of hydrogen-bond donors (Lipinski definition) is 1. The van der Waals surface area contributed by atoms with Gasteiger partial charge < -0.3 is 0 Å². The average molecular weight is 214 g/mol. The van der Waals surface area contributed by atoms with Gasteiger partial charge in [-0.3, -0.25) is 10.4 Å². The highest BCUT2D eigenvalue weighted by molar-refractivity contribution is 6.03. The third-order valence-electron chi connectivity index (χ3n) is 1.76. The number of halogens is 1. The zero-order valence-corrected chi connectivity index (χ0v) is 8.18. The van der Waals surface area contributed by atoms with E-state index in [1.807, 2.05) is 0 Å². The van der Waals surface area contributed by atoms with E-state index in [1.165, 1.54) is 30.5 Å². The largest absolute Gasteiger partial charge is 0.291 e. The highest BCUT2D eigenvalue weighted by Gasteiger charge is 2.09. The first-order valence-corrected chi connectivity index (χ1v) is 4.34. The summed E-state index contributed by atoms with van der Waals surface area (Å²) in [5.74, 6) is -0.362. The second-order valence-corrected chi connectivity index (χ2v) is 2.89. The van der Waals surface area contributed by atoms with E-state index in [2.05, 4.69) is 4.99 Å². The van der Waals surface area contributed by atoms with Gasteiger partial charge in [0, 0.05) is 6.21 Å². The fraction of sp³-hybridized carbons (Fsp3) is 0.0909. The number of rotatable bonds is 3. The molecule has 0 saturated carbocycles. The molecule has 0 aromatic heterocycles. The van der Waals surface area contributed by atoms with E-state index in [0.717, 1.165) is 0 Å². The lowest BCUT2D eigenvalue weighted by Crippen LogP contribution is -2.13. The maximum Gasteiger partial charge on any atom is 0.187 e. The molecule has 1 aromatic rings. The van der Waals surface area contributed by atoms with Crippen LogP contribution in [0.2, 0.25) is 0 Å². The Labute approximate surface area is 91.8 Å². The molecule has 0 spiro atoms. The number of nitrogens with one attached hydrogen (secondary N) is 1. The van der Waals surface area contributed by atoms with Crippen molar-refractivity contribution in [1.82, 2.24) is 0 Å². The van der Waals surface area contributed by atoms with E-state index in [4.69, 9.17) is 15.9 Å². The normalized spacial score (nSPS) is 11.7. The second kappa shape index (κ2) is 5.38. The van der Waals surface area contributed by atoms with E-state index >= 15 is 0 Å². The summed E-state index contributed by atoms with van der Waals surface area (Å²) in [4.78, 5) is 3.76. The van der Waals surface area contributed by atoms with Crippen LogP contribution in [0.4, 0.5) is 4.39 Å². The highest BCUT2D eigenvalue weighted by Crippen LogP contribution is 2.01. The minimum Gasteiger partial charge on any atom is -0.291 e. The van der Waals surface area contributed by atoms with E-state index in [-0.39, 0.29) is 5.82 Å². The van der Waals surface area contributed by atoms with Crippen molar-refractivity contribution in [2.75, 3.05) is 0 Å². The quantitative estimate of drug-likeness (QED) is 0.776. The van der Waals surface area contributed by atoms with Crippen molar-refractivity contribution in [3.8, 4) is 12.1 Å². The van der Waals surface area contributed by atoms with E-state index in [0.29, 0.717) is 5.56 Å². The van der Waals surface area contributed by atoms with Crippen molar-refractivity contribution in [3.05, 3.63) is 35.6 Å². The zero-order valence-electron chi connectivity index (χ0n) is 8.18. The van der Waals surface area contributed by atoms with Crippen LogP contribution in [0.5, 0.6) is 0 Å². The van der Waals surface area contributed by atoms with Crippen molar-refractivity contribution in [1.29, 1.82) is 15.9 Å². The maximum atomic E-state index is 12.6. The monoisotopic (exact) mass is 214 g/mol. The molecular formula is C11H7FN4. The van der Waals surface area contributed by atoms with Crippen LogP contribution in [0.1, 0.15) is 5.56 Å². The van der Waals surface area contributed by atoms with Gasteiger partial charge in [-0.25, -0.2) is 4.39 Å². The standard InChI is InChI=1S/C11H7FN4/c12-9-3-1-8(2-4-9)7-16-11(6-14)10(15)5-13/h1-4,7,11,15H.